The molecule has 12 nitrogen and oxygen atoms in total. The molecule has 1 aliphatic heterocycles. The second kappa shape index (κ2) is 14.6. The summed E-state index contributed by atoms with van der Waals surface area (Å²) in [6.07, 6.45) is 5.90. The first-order valence-electron chi connectivity index (χ1n) is 15.8. The molecule has 246 valence electrons. The number of hydrogen-bond donors (Lipinski definition) is 4. The average molecular weight is 619 g/mol. The number of carboxylic acids is 1. The minimum atomic E-state index is -1.15. The van der Waals surface area contributed by atoms with E-state index >= 15 is 0 Å². The summed E-state index contributed by atoms with van der Waals surface area (Å²) < 4.78 is 5.48. The number of alkyl carbamates (subject to hydrolysis) is 1. The van der Waals surface area contributed by atoms with E-state index in [-0.39, 0.29) is 54.9 Å². The zero-order valence-corrected chi connectivity index (χ0v) is 26.8. The van der Waals surface area contributed by atoms with E-state index in [1.54, 1.807) is 31.7 Å². The smallest absolute Gasteiger partial charge is 0.408 e. The number of nitrogens with zero attached hydrogens (tertiary/aromatic N) is 1. The lowest BCUT2D eigenvalue weighted by Crippen LogP contribution is -2.59. The Labute approximate surface area is 260 Å². The maximum atomic E-state index is 14.2. The number of allylic oxidation sites excluding steroid dienone is 1. The van der Waals surface area contributed by atoms with Crippen LogP contribution in [0.4, 0.5) is 4.79 Å². The van der Waals surface area contributed by atoms with Crippen molar-refractivity contribution >= 4 is 35.6 Å². The van der Waals surface area contributed by atoms with E-state index in [0.29, 0.717) is 13.0 Å². The summed E-state index contributed by atoms with van der Waals surface area (Å²) in [5, 5.41) is 16.8. The minimum Gasteiger partial charge on any atom is -0.481 e. The van der Waals surface area contributed by atoms with Gasteiger partial charge in [0, 0.05) is 19.5 Å². The van der Waals surface area contributed by atoms with Gasteiger partial charge in [0.25, 0.3) is 5.91 Å². The molecular weight excluding hydrogens is 568 g/mol. The van der Waals surface area contributed by atoms with Gasteiger partial charge >= 0.3 is 12.1 Å². The predicted octanol–water partition coefficient (Wildman–Crippen LogP) is 2.94. The van der Waals surface area contributed by atoms with Crippen LogP contribution in [0, 0.1) is 23.2 Å². The van der Waals surface area contributed by atoms with Crippen LogP contribution in [0.5, 0.6) is 0 Å². The highest BCUT2D eigenvalue weighted by Gasteiger charge is 2.69. The monoisotopic (exact) mass is 618 g/mol. The van der Waals surface area contributed by atoms with E-state index in [1.165, 1.54) is 0 Å². The molecule has 0 radical (unpaired) electrons. The number of likely N-dealkylation sites (tertiary alicyclic amines) is 1. The van der Waals surface area contributed by atoms with Gasteiger partial charge < -0.3 is 30.7 Å². The number of Topliss-reactive ketones (excluding diaryl/α,β-unsaturated/α-hetero) is 1. The standard InChI is InChI=1S/C32H50N4O8/c1-7-8-15-21(26(39)28(41)33-17-12-16-22(37)38)34-27(40)25-23-20(32(23,5)6)18-36(25)29(42)24(19-13-10-9-11-14-19)35-30(43)44-31(2,3)4/h7,19-21,23-25H,1,8-18H2,2-6H3,(H,33,41)(H,34,40)(H,35,43)(H,37,38). The predicted molar refractivity (Wildman–Crippen MR) is 162 cm³/mol. The second-order valence-electron chi connectivity index (χ2n) is 14.0. The van der Waals surface area contributed by atoms with E-state index in [9.17, 15) is 28.8 Å². The Hall–Kier alpha value is -3.44. The molecule has 5 atom stereocenters. The number of ether oxygens (including phenoxy) is 1. The summed E-state index contributed by atoms with van der Waals surface area (Å²) in [5.74, 6) is -3.77. The van der Waals surface area contributed by atoms with Crippen molar-refractivity contribution in [3.63, 3.8) is 0 Å². The zero-order valence-electron chi connectivity index (χ0n) is 26.8. The van der Waals surface area contributed by atoms with E-state index in [1.807, 2.05) is 13.8 Å². The Balaban J connectivity index is 1.80. The third kappa shape index (κ3) is 8.81. The number of carboxylic acid groups (broad SMARTS) is 1. The van der Waals surface area contributed by atoms with E-state index in [2.05, 4.69) is 22.5 Å². The minimum absolute atomic E-state index is 0.00898. The highest BCUT2D eigenvalue weighted by atomic mass is 16.6. The van der Waals surface area contributed by atoms with Crippen LogP contribution < -0.4 is 16.0 Å². The number of aliphatic carboxylic acids is 1. The van der Waals surface area contributed by atoms with Gasteiger partial charge in [-0.2, -0.15) is 0 Å². The number of ketones is 1. The molecule has 2 saturated carbocycles. The van der Waals surface area contributed by atoms with Crippen molar-refractivity contribution < 1.29 is 38.6 Å². The van der Waals surface area contributed by atoms with Crippen LogP contribution in [0.15, 0.2) is 12.7 Å². The van der Waals surface area contributed by atoms with Crippen LogP contribution >= 0.6 is 0 Å². The Morgan fingerprint density at radius 1 is 1.07 bits per heavy atom. The SMILES string of the molecule is C=CCCC(NC(=O)C1C2C(CN1C(=O)C(NC(=O)OC(C)(C)C)C1CCCCC1)C2(C)C)C(=O)C(=O)NCCCC(=O)O. The van der Waals surface area contributed by atoms with Crippen LogP contribution in [0.3, 0.4) is 0 Å². The van der Waals surface area contributed by atoms with Gasteiger partial charge in [-0.25, -0.2) is 4.79 Å². The van der Waals surface area contributed by atoms with Gasteiger partial charge in [-0.05, 0) is 76.0 Å². The molecule has 1 saturated heterocycles. The molecule has 4 N–H and O–H groups in total. The van der Waals surface area contributed by atoms with Crippen LogP contribution in [0.1, 0.15) is 92.4 Å². The summed E-state index contributed by atoms with van der Waals surface area (Å²) in [5.41, 5.74) is -0.943. The maximum Gasteiger partial charge on any atom is 0.408 e. The number of rotatable bonds is 14. The van der Waals surface area contributed by atoms with Gasteiger partial charge in [0.1, 0.15) is 17.7 Å². The van der Waals surface area contributed by atoms with Crippen molar-refractivity contribution in [3.8, 4) is 0 Å². The van der Waals surface area contributed by atoms with Gasteiger partial charge in [0.15, 0.2) is 0 Å². The number of piperidine rings is 1. The lowest BCUT2D eigenvalue weighted by atomic mass is 9.83. The summed E-state index contributed by atoms with van der Waals surface area (Å²) in [6, 6.07) is -2.87. The van der Waals surface area contributed by atoms with E-state index in [4.69, 9.17) is 9.84 Å². The van der Waals surface area contributed by atoms with Gasteiger partial charge in [-0.1, -0.05) is 39.2 Å². The quantitative estimate of drug-likeness (QED) is 0.131. The van der Waals surface area contributed by atoms with Crippen molar-refractivity contribution in [2.45, 2.75) is 116 Å². The molecule has 2 aliphatic carbocycles. The number of nitrogens with one attached hydrogen (secondary N) is 3. The third-order valence-electron chi connectivity index (χ3n) is 9.19. The largest absolute Gasteiger partial charge is 0.481 e. The number of carbonyl (C=O) groups is 6. The number of hydrogen-bond acceptors (Lipinski definition) is 7. The summed E-state index contributed by atoms with van der Waals surface area (Å²) in [7, 11) is 0. The van der Waals surface area contributed by atoms with Crippen LogP contribution in [-0.2, 0) is 28.7 Å². The van der Waals surface area contributed by atoms with Crippen molar-refractivity contribution in [2.75, 3.05) is 13.1 Å². The van der Waals surface area contributed by atoms with E-state index < -0.39 is 53.4 Å². The molecule has 3 fully saturated rings. The molecule has 0 spiro atoms. The van der Waals surface area contributed by atoms with Crippen molar-refractivity contribution in [1.29, 1.82) is 0 Å². The maximum absolute atomic E-state index is 14.2. The van der Waals surface area contributed by atoms with Crippen LogP contribution in [0.25, 0.3) is 0 Å². The lowest BCUT2D eigenvalue weighted by Gasteiger charge is -2.37. The Bertz CT molecular complexity index is 1120. The Morgan fingerprint density at radius 2 is 1.73 bits per heavy atom. The second-order valence-corrected chi connectivity index (χ2v) is 14.0. The van der Waals surface area contributed by atoms with Gasteiger partial charge in [-0.3, -0.25) is 24.0 Å². The Kier molecular flexibility index (Phi) is 11.6. The van der Waals surface area contributed by atoms with E-state index in [0.717, 1.165) is 32.1 Å². The third-order valence-corrected chi connectivity index (χ3v) is 9.19. The molecular formula is C32H50N4O8. The first-order valence-corrected chi connectivity index (χ1v) is 15.8. The number of amides is 4. The molecule has 0 aromatic rings. The molecule has 5 unspecified atom stereocenters. The molecule has 4 amide bonds. The van der Waals surface area contributed by atoms with Crippen molar-refractivity contribution in [2.24, 2.45) is 23.2 Å². The fourth-order valence-corrected chi connectivity index (χ4v) is 6.77. The van der Waals surface area contributed by atoms with Gasteiger partial charge in [-0.15, -0.1) is 6.58 Å². The first-order chi connectivity index (χ1) is 20.6. The molecule has 0 aromatic carbocycles. The molecule has 0 aromatic heterocycles. The molecule has 12 heteroatoms. The number of fused-ring (bicyclic) bond motifs is 1. The topological polar surface area (TPSA) is 171 Å². The van der Waals surface area contributed by atoms with Crippen molar-refractivity contribution in [1.82, 2.24) is 20.9 Å². The van der Waals surface area contributed by atoms with Gasteiger partial charge in [0.2, 0.25) is 17.6 Å². The molecule has 3 rings (SSSR count). The summed E-state index contributed by atoms with van der Waals surface area (Å²) >= 11 is 0. The fourth-order valence-electron chi connectivity index (χ4n) is 6.77. The summed E-state index contributed by atoms with van der Waals surface area (Å²) in [6.45, 7) is 13.4. The Morgan fingerprint density at radius 3 is 2.32 bits per heavy atom. The summed E-state index contributed by atoms with van der Waals surface area (Å²) in [4.78, 5) is 79.0. The zero-order chi connectivity index (χ0) is 32.8. The van der Waals surface area contributed by atoms with Crippen LogP contribution in [0.2, 0.25) is 0 Å². The molecule has 1 heterocycles. The molecule has 0 bridgehead atoms. The lowest BCUT2D eigenvalue weighted by molar-refractivity contribution is -0.145. The van der Waals surface area contributed by atoms with Gasteiger partial charge in [0.05, 0.1) is 6.04 Å². The average Bonchev–Trinajstić information content (AvgIpc) is 3.27. The fraction of sp³-hybridized carbons (Fsp3) is 0.750. The van der Waals surface area contributed by atoms with Crippen molar-refractivity contribution in [3.05, 3.63) is 12.7 Å². The normalized spacial score (nSPS) is 23.8. The highest BCUT2D eigenvalue weighted by Crippen LogP contribution is 2.65. The highest BCUT2D eigenvalue weighted by molar-refractivity contribution is 6.38. The molecule has 44 heavy (non-hydrogen) atoms. The first kappa shape index (κ1) is 35.0. The van der Waals surface area contributed by atoms with Crippen LogP contribution in [-0.4, -0.2) is 82.4 Å². The number of carbonyl (C=O) groups excluding carboxylic acids is 5. The molecule has 3 aliphatic rings.